The maximum absolute atomic E-state index is 9.31. The molecule has 84 valence electrons. The first-order valence-corrected chi connectivity index (χ1v) is 4.15. The zero-order valence-electron chi connectivity index (χ0n) is 7.26. The molecule has 7 heteroatoms. The fourth-order valence-electron chi connectivity index (χ4n) is 1.31. The largest absolute Gasteiger partial charge is 0.394 e. The molecule has 0 bridgehead atoms. The van der Waals surface area contributed by atoms with Crippen LogP contribution in [0.5, 0.6) is 0 Å². The lowest BCUT2D eigenvalue weighted by Crippen LogP contribution is -2.61. The van der Waals surface area contributed by atoms with E-state index in [9.17, 15) is 10.2 Å². The van der Waals surface area contributed by atoms with Crippen LogP contribution in [0.25, 0.3) is 0 Å². The van der Waals surface area contributed by atoms with Gasteiger partial charge in [-0.3, -0.25) is 0 Å². The summed E-state index contributed by atoms with van der Waals surface area (Å²) in [7, 11) is 0. The van der Waals surface area contributed by atoms with Crippen LogP contribution in [-0.4, -0.2) is 74.1 Å². The first-order valence-electron chi connectivity index (χ1n) is 4.15. The molecule has 0 aromatic carbocycles. The summed E-state index contributed by atoms with van der Waals surface area (Å²) in [5.41, 5.74) is 0. The molecule has 6 atom stereocenters. The third-order valence-electron chi connectivity index (χ3n) is 2.19. The normalized spacial score (nSPS) is 46.3. The molecule has 1 saturated heterocycles. The minimum Gasteiger partial charge on any atom is -0.394 e. The van der Waals surface area contributed by atoms with Crippen molar-refractivity contribution in [3.63, 3.8) is 0 Å². The highest BCUT2D eigenvalue weighted by Gasteiger charge is 2.45. The Morgan fingerprint density at radius 3 is 2.07 bits per heavy atom. The predicted molar refractivity (Wildman–Crippen MR) is 42.0 cm³/mol. The molecule has 1 fully saturated rings. The van der Waals surface area contributed by atoms with Gasteiger partial charge in [-0.2, -0.15) is 0 Å². The van der Waals surface area contributed by atoms with Crippen LogP contribution in [0.15, 0.2) is 0 Å². The van der Waals surface area contributed by atoms with Gasteiger partial charge in [0, 0.05) is 0 Å². The van der Waals surface area contributed by atoms with Gasteiger partial charge in [0.15, 0.2) is 6.29 Å². The predicted octanol–water partition coefficient (Wildman–Crippen LogP) is -3.86. The summed E-state index contributed by atoms with van der Waals surface area (Å²) in [6.45, 7) is -0.683. The summed E-state index contributed by atoms with van der Waals surface area (Å²) < 4.78 is 4.62. The molecule has 0 saturated carbocycles. The van der Waals surface area contributed by atoms with Gasteiger partial charge < -0.3 is 35.4 Å². The van der Waals surface area contributed by atoms with E-state index in [0.29, 0.717) is 0 Å². The van der Waals surface area contributed by atoms with Crippen LogP contribution in [0, 0.1) is 0 Å². The number of hydrogen-bond acceptors (Lipinski definition) is 7. The van der Waals surface area contributed by atoms with Crippen molar-refractivity contribution in [2.45, 2.75) is 36.8 Å². The quantitative estimate of drug-likeness (QED) is 0.275. The molecule has 7 nitrogen and oxygen atoms in total. The second-order valence-electron chi connectivity index (χ2n) is 3.21. The summed E-state index contributed by atoms with van der Waals surface area (Å²) in [6.07, 6.45) is -9.26. The minimum absolute atomic E-state index is 0.683. The monoisotopic (exact) mass is 210 g/mol. The van der Waals surface area contributed by atoms with E-state index in [4.69, 9.17) is 20.4 Å². The zero-order valence-corrected chi connectivity index (χ0v) is 7.26. The molecule has 6 N–H and O–H groups in total. The maximum Gasteiger partial charge on any atom is 0.184 e. The fourth-order valence-corrected chi connectivity index (χ4v) is 1.31. The Kier molecular flexibility index (Phi) is 3.78. The SMILES string of the molecule is OC[C@@H](O)[C@@H]1O[C@@H](O)[C@H](O)[C@H](O)[C@@H]1O. The molecule has 0 unspecified atom stereocenters. The van der Waals surface area contributed by atoms with Crippen molar-refractivity contribution in [3.8, 4) is 0 Å². The highest BCUT2D eigenvalue weighted by atomic mass is 16.6. The van der Waals surface area contributed by atoms with Crippen LogP contribution in [0.1, 0.15) is 0 Å². The third-order valence-corrected chi connectivity index (χ3v) is 2.19. The van der Waals surface area contributed by atoms with Crippen LogP contribution in [-0.2, 0) is 4.74 Å². The number of ether oxygens (including phenoxy) is 1. The van der Waals surface area contributed by atoms with Crippen molar-refractivity contribution < 1.29 is 35.4 Å². The van der Waals surface area contributed by atoms with Gasteiger partial charge in [0.1, 0.15) is 30.5 Å². The smallest absolute Gasteiger partial charge is 0.184 e. The number of aliphatic hydroxyl groups excluding tert-OH is 6. The Morgan fingerprint density at radius 2 is 1.57 bits per heavy atom. The van der Waals surface area contributed by atoms with Crippen LogP contribution in [0.4, 0.5) is 0 Å². The van der Waals surface area contributed by atoms with E-state index in [1.54, 1.807) is 0 Å². The highest BCUT2D eigenvalue weighted by Crippen LogP contribution is 2.21. The Hall–Kier alpha value is -0.280. The van der Waals surface area contributed by atoms with Gasteiger partial charge in [-0.15, -0.1) is 0 Å². The molecule has 1 aliphatic rings. The van der Waals surface area contributed by atoms with E-state index < -0.39 is 43.4 Å². The molecule has 0 amide bonds. The summed E-state index contributed by atoms with van der Waals surface area (Å²) in [4.78, 5) is 0. The molecular weight excluding hydrogens is 196 g/mol. The van der Waals surface area contributed by atoms with Crippen LogP contribution >= 0.6 is 0 Å². The number of aliphatic hydroxyl groups is 6. The first-order chi connectivity index (χ1) is 6.49. The molecular formula is C7H14O7. The molecule has 0 aliphatic carbocycles. The second-order valence-corrected chi connectivity index (χ2v) is 3.21. The average Bonchev–Trinajstić information content (AvgIpc) is 2.19. The maximum atomic E-state index is 9.31. The number of rotatable bonds is 2. The van der Waals surface area contributed by atoms with E-state index in [-0.39, 0.29) is 0 Å². The Balaban J connectivity index is 2.70. The molecule has 1 rings (SSSR count). The van der Waals surface area contributed by atoms with Gasteiger partial charge in [-0.25, -0.2) is 0 Å². The van der Waals surface area contributed by atoms with E-state index in [0.717, 1.165) is 0 Å². The highest BCUT2D eigenvalue weighted by molar-refractivity contribution is 4.91. The van der Waals surface area contributed by atoms with Gasteiger partial charge in [-0.1, -0.05) is 0 Å². The lowest BCUT2D eigenvalue weighted by molar-refractivity contribution is -0.298. The van der Waals surface area contributed by atoms with E-state index in [1.165, 1.54) is 0 Å². The molecule has 0 aromatic heterocycles. The molecule has 14 heavy (non-hydrogen) atoms. The van der Waals surface area contributed by atoms with Crippen LogP contribution in [0.2, 0.25) is 0 Å². The minimum atomic E-state index is -1.69. The summed E-state index contributed by atoms with van der Waals surface area (Å²) in [6, 6.07) is 0. The van der Waals surface area contributed by atoms with Gasteiger partial charge in [0.2, 0.25) is 0 Å². The fraction of sp³-hybridized carbons (Fsp3) is 1.00. The van der Waals surface area contributed by atoms with Crippen molar-refractivity contribution in [1.29, 1.82) is 0 Å². The van der Waals surface area contributed by atoms with Gasteiger partial charge in [0.25, 0.3) is 0 Å². The second kappa shape index (κ2) is 4.49. The third kappa shape index (κ3) is 2.04. The molecule has 0 aromatic rings. The molecule has 0 radical (unpaired) electrons. The van der Waals surface area contributed by atoms with Crippen molar-refractivity contribution in [3.05, 3.63) is 0 Å². The van der Waals surface area contributed by atoms with E-state index in [2.05, 4.69) is 4.74 Å². The first kappa shape index (κ1) is 11.8. The average molecular weight is 210 g/mol. The van der Waals surface area contributed by atoms with Gasteiger partial charge in [0.05, 0.1) is 6.61 Å². The summed E-state index contributed by atoms with van der Waals surface area (Å²) in [5, 5.41) is 54.3. The Labute approximate surface area is 79.8 Å². The van der Waals surface area contributed by atoms with Crippen molar-refractivity contribution in [1.82, 2.24) is 0 Å². The van der Waals surface area contributed by atoms with E-state index >= 15 is 0 Å². The van der Waals surface area contributed by atoms with Crippen molar-refractivity contribution in [2.75, 3.05) is 6.61 Å². The number of hydrogen-bond donors (Lipinski definition) is 6. The molecule has 0 spiro atoms. The summed E-state index contributed by atoms with van der Waals surface area (Å²) >= 11 is 0. The Bertz CT molecular complexity index is 187. The van der Waals surface area contributed by atoms with Crippen molar-refractivity contribution in [2.24, 2.45) is 0 Å². The summed E-state index contributed by atoms with van der Waals surface area (Å²) in [5.74, 6) is 0. The zero-order chi connectivity index (χ0) is 10.9. The van der Waals surface area contributed by atoms with E-state index in [1.807, 2.05) is 0 Å². The van der Waals surface area contributed by atoms with Gasteiger partial charge in [-0.05, 0) is 0 Å². The van der Waals surface area contributed by atoms with Gasteiger partial charge >= 0.3 is 0 Å². The lowest BCUT2D eigenvalue weighted by atomic mass is 9.96. The molecule has 1 aliphatic heterocycles. The van der Waals surface area contributed by atoms with Crippen molar-refractivity contribution >= 4 is 0 Å². The van der Waals surface area contributed by atoms with Crippen LogP contribution < -0.4 is 0 Å². The van der Waals surface area contributed by atoms with Crippen LogP contribution in [0.3, 0.4) is 0 Å². The Morgan fingerprint density at radius 1 is 1.00 bits per heavy atom. The topological polar surface area (TPSA) is 131 Å². The standard InChI is InChI=1S/C7H14O7/c8-1-2(9)6-4(11)3(10)5(12)7(13)14-6/h2-13H,1H2/t2-,3-,4+,5-,6+,7-/m1/s1. The molecule has 1 heterocycles. The lowest BCUT2D eigenvalue weighted by Gasteiger charge is -2.39.